The molecule has 132 valence electrons. The zero-order valence-electron chi connectivity index (χ0n) is 14.5. The summed E-state index contributed by atoms with van der Waals surface area (Å²) in [6, 6.07) is 11.0. The van der Waals surface area contributed by atoms with Crippen molar-refractivity contribution < 1.29 is 9.53 Å². The predicted octanol–water partition coefficient (Wildman–Crippen LogP) is 4.09. The number of pyridine rings is 1. The lowest BCUT2D eigenvalue weighted by Gasteiger charge is -2.11. The number of ether oxygens (including phenoxy) is 1. The minimum absolute atomic E-state index is 0.238. The molecule has 0 aliphatic carbocycles. The van der Waals surface area contributed by atoms with Crippen molar-refractivity contribution in [3.05, 3.63) is 53.9 Å². The highest BCUT2D eigenvalue weighted by Gasteiger charge is 2.08. The number of nitrogens with one attached hydrogen (secondary N) is 2. The molecule has 1 aromatic carbocycles. The lowest BCUT2D eigenvalue weighted by atomic mass is 10.2. The summed E-state index contributed by atoms with van der Waals surface area (Å²) in [6.07, 6.45) is 4.93. The molecule has 0 bridgehead atoms. The number of benzene rings is 1. The molecule has 0 aliphatic rings. The molecule has 1 amide bonds. The van der Waals surface area contributed by atoms with E-state index in [1.807, 2.05) is 31.2 Å². The molecule has 2 N–H and O–H groups in total. The Bertz CT molecular complexity index is 700. The van der Waals surface area contributed by atoms with E-state index in [-0.39, 0.29) is 11.0 Å². The fourth-order valence-electron chi connectivity index (χ4n) is 2.12. The number of amides is 1. The molecule has 2 aromatic rings. The van der Waals surface area contributed by atoms with Crippen LogP contribution < -0.4 is 15.4 Å². The normalized spacial score (nSPS) is 10.2. The molecule has 0 atom stereocenters. The summed E-state index contributed by atoms with van der Waals surface area (Å²) in [6.45, 7) is 4.75. The van der Waals surface area contributed by atoms with Crippen LogP contribution in [0.4, 0.5) is 5.69 Å². The molecule has 0 aliphatic heterocycles. The monoisotopic (exact) mass is 357 g/mol. The third-order valence-electron chi connectivity index (χ3n) is 3.53. The molecule has 0 radical (unpaired) electrons. The van der Waals surface area contributed by atoms with Crippen molar-refractivity contribution in [3.63, 3.8) is 0 Å². The van der Waals surface area contributed by atoms with Gasteiger partial charge in [-0.15, -0.1) is 0 Å². The van der Waals surface area contributed by atoms with Gasteiger partial charge in [0, 0.05) is 17.6 Å². The molecule has 5 nitrogen and oxygen atoms in total. The minimum atomic E-state index is -0.291. The lowest BCUT2D eigenvalue weighted by Crippen LogP contribution is -2.34. The molecule has 0 saturated carbocycles. The van der Waals surface area contributed by atoms with E-state index in [2.05, 4.69) is 22.5 Å². The number of rotatable bonds is 7. The highest BCUT2D eigenvalue weighted by molar-refractivity contribution is 7.80. The zero-order chi connectivity index (χ0) is 18.1. The van der Waals surface area contributed by atoms with Gasteiger partial charge in [-0.25, -0.2) is 0 Å². The number of hydrogen-bond acceptors (Lipinski definition) is 4. The van der Waals surface area contributed by atoms with E-state index in [4.69, 9.17) is 17.0 Å². The highest BCUT2D eigenvalue weighted by Crippen LogP contribution is 2.16. The Balaban J connectivity index is 1.81. The van der Waals surface area contributed by atoms with Crippen molar-refractivity contribution in [2.75, 3.05) is 11.9 Å². The second-order valence-corrected chi connectivity index (χ2v) is 6.08. The molecule has 1 aromatic heterocycles. The van der Waals surface area contributed by atoms with Crippen molar-refractivity contribution in [2.45, 2.75) is 33.1 Å². The molecule has 0 saturated heterocycles. The van der Waals surface area contributed by atoms with Crippen LogP contribution in [0.2, 0.25) is 0 Å². The van der Waals surface area contributed by atoms with Gasteiger partial charge >= 0.3 is 0 Å². The molecule has 0 spiro atoms. The Morgan fingerprint density at radius 3 is 2.56 bits per heavy atom. The fraction of sp³-hybridized carbons (Fsp3) is 0.316. The summed E-state index contributed by atoms with van der Waals surface area (Å²) in [5.74, 6) is 0.531. The van der Waals surface area contributed by atoms with E-state index >= 15 is 0 Å². The van der Waals surface area contributed by atoms with Crippen LogP contribution in [0, 0.1) is 6.92 Å². The van der Waals surface area contributed by atoms with E-state index in [1.165, 1.54) is 19.0 Å². The maximum absolute atomic E-state index is 12.1. The summed E-state index contributed by atoms with van der Waals surface area (Å²) in [5, 5.41) is 5.86. The molecular weight excluding hydrogens is 334 g/mol. The van der Waals surface area contributed by atoms with Crippen molar-refractivity contribution in [1.82, 2.24) is 10.3 Å². The Labute approximate surface area is 153 Å². The number of aryl methyl sites for hydroxylation is 1. The van der Waals surface area contributed by atoms with E-state index in [1.54, 1.807) is 12.1 Å². The van der Waals surface area contributed by atoms with Crippen LogP contribution in [0.1, 0.15) is 42.2 Å². The van der Waals surface area contributed by atoms with E-state index in [9.17, 15) is 4.79 Å². The SMILES string of the molecule is CCCCCOc1ccc(NC(=S)NC(=O)c2ccc(C)nc2)cc1. The number of anilines is 1. The second kappa shape index (κ2) is 9.74. The van der Waals surface area contributed by atoms with Crippen LogP contribution in [-0.4, -0.2) is 22.6 Å². The maximum atomic E-state index is 12.1. The Morgan fingerprint density at radius 1 is 1.16 bits per heavy atom. The highest BCUT2D eigenvalue weighted by atomic mass is 32.1. The molecule has 1 heterocycles. The molecule has 0 unspecified atom stereocenters. The van der Waals surface area contributed by atoms with Gasteiger partial charge in [-0.3, -0.25) is 15.1 Å². The molecule has 25 heavy (non-hydrogen) atoms. The number of carbonyl (C=O) groups excluding carboxylic acids is 1. The molecular formula is C19H23N3O2S. The quantitative estimate of drug-likeness (QED) is 0.577. The van der Waals surface area contributed by atoms with Crippen LogP contribution in [0.5, 0.6) is 5.75 Å². The summed E-state index contributed by atoms with van der Waals surface area (Å²) in [5.41, 5.74) is 2.10. The number of carbonyl (C=O) groups is 1. The van der Waals surface area contributed by atoms with Crippen LogP contribution in [0.3, 0.4) is 0 Å². The van der Waals surface area contributed by atoms with Crippen LogP contribution in [0.15, 0.2) is 42.6 Å². The number of thiocarbonyl (C=S) groups is 1. The van der Waals surface area contributed by atoms with Gasteiger partial charge in [0.1, 0.15) is 5.75 Å². The standard InChI is InChI=1S/C19H23N3O2S/c1-3-4-5-12-24-17-10-8-16(9-11-17)21-19(25)22-18(23)15-7-6-14(2)20-13-15/h6-11,13H,3-5,12H2,1-2H3,(H2,21,22,23,25). The lowest BCUT2D eigenvalue weighted by molar-refractivity contribution is 0.0977. The van der Waals surface area contributed by atoms with Gasteiger partial charge in [0.15, 0.2) is 5.11 Å². The van der Waals surface area contributed by atoms with E-state index in [0.29, 0.717) is 5.56 Å². The van der Waals surface area contributed by atoms with Crippen molar-refractivity contribution in [3.8, 4) is 5.75 Å². The Kier molecular flexibility index (Phi) is 7.35. The molecule has 6 heteroatoms. The van der Waals surface area contributed by atoms with Crippen molar-refractivity contribution >= 4 is 28.9 Å². The molecule has 0 fully saturated rings. The number of aromatic nitrogens is 1. The average Bonchev–Trinajstić information content (AvgIpc) is 2.60. The number of hydrogen-bond donors (Lipinski definition) is 2. The third kappa shape index (κ3) is 6.51. The summed E-state index contributed by atoms with van der Waals surface area (Å²) in [7, 11) is 0. The maximum Gasteiger partial charge on any atom is 0.258 e. The summed E-state index contributed by atoms with van der Waals surface area (Å²) >= 11 is 5.18. The van der Waals surface area contributed by atoms with Crippen molar-refractivity contribution in [1.29, 1.82) is 0 Å². The summed E-state index contributed by atoms with van der Waals surface area (Å²) in [4.78, 5) is 16.2. The molecule has 2 rings (SSSR count). The van der Waals surface area contributed by atoms with E-state index < -0.39 is 0 Å². The topological polar surface area (TPSA) is 63.2 Å². The van der Waals surface area contributed by atoms with Crippen molar-refractivity contribution in [2.24, 2.45) is 0 Å². The first kappa shape index (κ1) is 18.9. The third-order valence-corrected chi connectivity index (χ3v) is 3.73. The van der Waals surface area contributed by atoms with Gasteiger partial charge in [0.25, 0.3) is 5.91 Å². The van der Waals surface area contributed by atoms with Gasteiger partial charge in [0.2, 0.25) is 0 Å². The van der Waals surface area contributed by atoms with Gasteiger partial charge in [-0.2, -0.15) is 0 Å². The zero-order valence-corrected chi connectivity index (χ0v) is 15.4. The average molecular weight is 357 g/mol. The smallest absolute Gasteiger partial charge is 0.258 e. The largest absolute Gasteiger partial charge is 0.494 e. The Hall–Kier alpha value is -2.47. The minimum Gasteiger partial charge on any atom is -0.494 e. The Morgan fingerprint density at radius 2 is 1.92 bits per heavy atom. The number of nitrogens with zero attached hydrogens (tertiary/aromatic N) is 1. The second-order valence-electron chi connectivity index (χ2n) is 5.68. The van der Waals surface area contributed by atoms with Gasteiger partial charge < -0.3 is 10.1 Å². The van der Waals surface area contributed by atoms with Gasteiger partial charge in [0.05, 0.1) is 12.2 Å². The number of unbranched alkanes of at least 4 members (excludes halogenated alkanes) is 2. The summed E-state index contributed by atoms with van der Waals surface area (Å²) < 4.78 is 5.66. The van der Waals surface area contributed by atoms with Crippen LogP contribution in [0.25, 0.3) is 0 Å². The van der Waals surface area contributed by atoms with Crippen LogP contribution in [-0.2, 0) is 0 Å². The predicted molar refractivity (Wildman–Crippen MR) is 104 cm³/mol. The van der Waals surface area contributed by atoms with Gasteiger partial charge in [-0.05, 0) is 62.0 Å². The van der Waals surface area contributed by atoms with Crippen LogP contribution >= 0.6 is 12.2 Å². The van der Waals surface area contributed by atoms with E-state index in [0.717, 1.165) is 30.2 Å². The first-order valence-corrected chi connectivity index (χ1v) is 8.77. The fourth-order valence-corrected chi connectivity index (χ4v) is 2.33. The first-order chi connectivity index (χ1) is 12.1. The van der Waals surface area contributed by atoms with Gasteiger partial charge in [-0.1, -0.05) is 19.8 Å². The first-order valence-electron chi connectivity index (χ1n) is 8.36.